The predicted molar refractivity (Wildman–Crippen MR) is 88.2 cm³/mol. The molecule has 1 atom stereocenters. The molecule has 7 nitrogen and oxygen atoms in total. The Hall–Kier alpha value is -2.28. The van der Waals surface area contributed by atoms with Gasteiger partial charge in [0.25, 0.3) is 0 Å². The molecule has 1 fully saturated rings. The summed E-state index contributed by atoms with van der Waals surface area (Å²) in [5, 5.41) is 5.37. The van der Waals surface area contributed by atoms with Gasteiger partial charge in [0.05, 0.1) is 33.3 Å². The molecule has 1 heterocycles. The summed E-state index contributed by atoms with van der Waals surface area (Å²) in [4.78, 5) is 23.7. The lowest BCUT2D eigenvalue weighted by Gasteiger charge is -2.12. The van der Waals surface area contributed by atoms with Crippen LogP contribution in [0.1, 0.15) is 18.4 Å². The first-order chi connectivity index (χ1) is 11.6. The van der Waals surface area contributed by atoms with Crippen LogP contribution < -0.4 is 20.1 Å². The Kier molecular flexibility index (Phi) is 6.87. The Morgan fingerprint density at radius 2 is 1.96 bits per heavy atom. The molecule has 0 aliphatic carbocycles. The highest BCUT2D eigenvalue weighted by molar-refractivity contribution is 5.85. The van der Waals surface area contributed by atoms with E-state index in [2.05, 4.69) is 10.6 Å². The SMILES string of the molecule is COc1ccc(CC(=O)NCC(=O)NCC2CCCO2)cc1OC. The van der Waals surface area contributed by atoms with E-state index >= 15 is 0 Å². The molecule has 1 aliphatic rings. The van der Waals surface area contributed by atoms with Gasteiger partial charge in [0.1, 0.15) is 0 Å². The van der Waals surface area contributed by atoms with Crippen LogP contribution in [0.4, 0.5) is 0 Å². The zero-order valence-electron chi connectivity index (χ0n) is 14.1. The second kappa shape index (κ2) is 9.12. The number of benzene rings is 1. The molecule has 0 saturated carbocycles. The van der Waals surface area contributed by atoms with Gasteiger partial charge in [-0.2, -0.15) is 0 Å². The number of amides is 2. The third-order valence-electron chi connectivity index (χ3n) is 3.81. The van der Waals surface area contributed by atoms with E-state index in [0.29, 0.717) is 18.0 Å². The molecule has 7 heteroatoms. The molecule has 0 spiro atoms. The van der Waals surface area contributed by atoms with Crippen molar-refractivity contribution < 1.29 is 23.8 Å². The van der Waals surface area contributed by atoms with Crippen molar-refractivity contribution in [1.82, 2.24) is 10.6 Å². The van der Waals surface area contributed by atoms with Gasteiger partial charge in [-0.25, -0.2) is 0 Å². The lowest BCUT2D eigenvalue weighted by atomic mass is 10.1. The number of carbonyl (C=O) groups is 2. The van der Waals surface area contributed by atoms with Crippen molar-refractivity contribution >= 4 is 11.8 Å². The zero-order chi connectivity index (χ0) is 17.4. The van der Waals surface area contributed by atoms with Gasteiger partial charge in [0.2, 0.25) is 11.8 Å². The van der Waals surface area contributed by atoms with Crippen LogP contribution in [0.25, 0.3) is 0 Å². The van der Waals surface area contributed by atoms with Crippen molar-refractivity contribution in [3.05, 3.63) is 23.8 Å². The maximum atomic E-state index is 11.9. The molecular weight excluding hydrogens is 312 g/mol. The highest BCUT2D eigenvalue weighted by atomic mass is 16.5. The minimum atomic E-state index is -0.227. The van der Waals surface area contributed by atoms with Crippen LogP contribution in [-0.2, 0) is 20.7 Å². The lowest BCUT2D eigenvalue weighted by molar-refractivity contribution is -0.126. The van der Waals surface area contributed by atoms with Gasteiger partial charge < -0.3 is 24.8 Å². The van der Waals surface area contributed by atoms with E-state index in [-0.39, 0.29) is 30.9 Å². The molecule has 2 N–H and O–H groups in total. The van der Waals surface area contributed by atoms with Gasteiger partial charge in [0, 0.05) is 13.2 Å². The number of ether oxygens (including phenoxy) is 3. The topological polar surface area (TPSA) is 85.9 Å². The summed E-state index contributed by atoms with van der Waals surface area (Å²) in [5.41, 5.74) is 0.782. The second-order valence-electron chi connectivity index (χ2n) is 5.58. The van der Waals surface area contributed by atoms with E-state index in [1.165, 1.54) is 0 Å². The molecule has 24 heavy (non-hydrogen) atoms. The number of nitrogens with one attached hydrogen (secondary N) is 2. The van der Waals surface area contributed by atoms with Gasteiger partial charge in [-0.05, 0) is 30.5 Å². The van der Waals surface area contributed by atoms with E-state index in [1.54, 1.807) is 32.4 Å². The van der Waals surface area contributed by atoms with Gasteiger partial charge >= 0.3 is 0 Å². The maximum Gasteiger partial charge on any atom is 0.239 e. The Morgan fingerprint density at radius 1 is 1.17 bits per heavy atom. The molecule has 1 unspecified atom stereocenters. The Labute approximate surface area is 141 Å². The van der Waals surface area contributed by atoms with Gasteiger partial charge in [0.15, 0.2) is 11.5 Å². The number of carbonyl (C=O) groups excluding carboxylic acids is 2. The summed E-state index contributed by atoms with van der Waals surface area (Å²) in [7, 11) is 3.10. The van der Waals surface area contributed by atoms with Crippen molar-refractivity contribution in [1.29, 1.82) is 0 Å². The Balaban J connectivity index is 1.73. The molecule has 132 valence electrons. The van der Waals surface area contributed by atoms with E-state index < -0.39 is 0 Å². The van der Waals surface area contributed by atoms with E-state index in [1.807, 2.05) is 0 Å². The highest BCUT2D eigenvalue weighted by Gasteiger charge is 2.16. The fraction of sp³-hybridized carbons (Fsp3) is 0.529. The summed E-state index contributed by atoms with van der Waals surface area (Å²) in [6.45, 7) is 1.20. The summed E-state index contributed by atoms with van der Waals surface area (Å²) in [5.74, 6) is 0.730. The molecule has 1 aromatic rings. The lowest BCUT2D eigenvalue weighted by Crippen LogP contribution is -2.40. The van der Waals surface area contributed by atoms with Crippen LogP contribution in [0.5, 0.6) is 11.5 Å². The molecule has 1 aliphatic heterocycles. The molecule has 2 amide bonds. The molecule has 0 bridgehead atoms. The van der Waals surface area contributed by atoms with Crippen LogP contribution in [0.2, 0.25) is 0 Å². The molecule has 0 aromatic heterocycles. The third-order valence-corrected chi connectivity index (χ3v) is 3.81. The quantitative estimate of drug-likeness (QED) is 0.728. The average Bonchev–Trinajstić information content (AvgIpc) is 3.11. The number of methoxy groups -OCH3 is 2. The van der Waals surface area contributed by atoms with Gasteiger partial charge in [-0.3, -0.25) is 9.59 Å². The fourth-order valence-electron chi connectivity index (χ4n) is 2.51. The summed E-state index contributed by atoms with van der Waals surface area (Å²) in [6, 6.07) is 5.28. The average molecular weight is 336 g/mol. The Bertz CT molecular complexity index is 570. The molecule has 0 radical (unpaired) electrons. The summed E-state index contributed by atoms with van der Waals surface area (Å²) >= 11 is 0. The third kappa shape index (κ3) is 5.42. The number of hydrogen-bond acceptors (Lipinski definition) is 5. The first-order valence-electron chi connectivity index (χ1n) is 7.98. The van der Waals surface area contributed by atoms with Crippen molar-refractivity contribution in [2.45, 2.75) is 25.4 Å². The molecular formula is C17H24N2O5. The predicted octanol–water partition coefficient (Wildman–Crippen LogP) is 0.658. The van der Waals surface area contributed by atoms with E-state index in [0.717, 1.165) is 25.0 Å². The maximum absolute atomic E-state index is 11.9. The van der Waals surface area contributed by atoms with Crippen LogP contribution in [0, 0.1) is 0 Å². The van der Waals surface area contributed by atoms with Gasteiger partial charge in [-0.15, -0.1) is 0 Å². The van der Waals surface area contributed by atoms with Crippen molar-refractivity contribution in [3.8, 4) is 11.5 Å². The van der Waals surface area contributed by atoms with E-state index in [9.17, 15) is 9.59 Å². The normalized spacial score (nSPS) is 16.5. The minimum absolute atomic E-state index is 0.0428. The van der Waals surface area contributed by atoms with Crippen LogP contribution in [0.15, 0.2) is 18.2 Å². The van der Waals surface area contributed by atoms with Crippen LogP contribution >= 0.6 is 0 Å². The van der Waals surface area contributed by atoms with Crippen LogP contribution in [0.3, 0.4) is 0 Å². The summed E-state index contributed by atoms with van der Waals surface area (Å²) < 4.78 is 15.8. The smallest absolute Gasteiger partial charge is 0.239 e. The second-order valence-corrected chi connectivity index (χ2v) is 5.58. The first-order valence-corrected chi connectivity index (χ1v) is 7.98. The number of rotatable bonds is 8. The fourth-order valence-corrected chi connectivity index (χ4v) is 2.51. The van der Waals surface area contributed by atoms with Crippen LogP contribution in [-0.4, -0.2) is 51.8 Å². The molecule has 1 aromatic carbocycles. The van der Waals surface area contributed by atoms with Crippen molar-refractivity contribution in [2.24, 2.45) is 0 Å². The molecule has 2 rings (SSSR count). The molecule has 1 saturated heterocycles. The monoisotopic (exact) mass is 336 g/mol. The Morgan fingerprint density at radius 3 is 2.62 bits per heavy atom. The van der Waals surface area contributed by atoms with Gasteiger partial charge in [-0.1, -0.05) is 6.07 Å². The zero-order valence-corrected chi connectivity index (χ0v) is 14.1. The van der Waals surface area contributed by atoms with Crippen molar-refractivity contribution in [2.75, 3.05) is 33.9 Å². The van der Waals surface area contributed by atoms with E-state index in [4.69, 9.17) is 14.2 Å². The first kappa shape index (κ1) is 18.1. The standard InChI is InChI=1S/C17H24N2O5/c1-22-14-6-5-12(8-15(14)23-2)9-16(20)19-11-17(21)18-10-13-4-3-7-24-13/h5-6,8,13H,3-4,7,9-11H2,1-2H3,(H,18,21)(H,19,20). The largest absolute Gasteiger partial charge is 0.493 e. The summed E-state index contributed by atoms with van der Waals surface area (Å²) in [6.07, 6.45) is 2.25. The minimum Gasteiger partial charge on any atom is -0.493 e. The van der Waals surface area contributed by atoms with Crippen molar-refractivity contribution in [3.63, 3.8) is 0 Å². The number of hydrogen-bond donors (Lipinski definition) is 2. The highest BCUT2D eigenvalue weighted by Crippen LogP contribution is 2.27.